The molecule has 0 spiro atoms. The number of likely N-dealkylation sites (tertiary alicyclic amines) is 1. The quantitative estimate of drug-likeness (QED) is 0.773. The lowest BCUT2D eigenvalue weighted by Gasteiger charge is -2.42. The molecular formula is C17H34N2. The third-order valence-electron chi connectivity index (χ3n) is 5.91. The Hall–Kier alpha value is -0.0800. The second-order valence-corrected chi connectivity index (χ2v) is 8.26. The third-order valence-corrected chi connectivity index (χ3v) is 5.91. The molecule has 2 nitrogen and oxygen atoms in total. The normalized spacial score (nSPS) is 38.4. The molecule has 2 aliphatic rings. The van der Waals surface area contributed by atoms with Crippen LogP contribution in [0.15, 0.2) is 0 Å². The summed E-state index contributed by atoms with van der Waals surface area (Å²) in [5, 5.41) is 0. The van der Waals surface area contributed by atoms with Crippen molar-refractivity contribution in [2.45, 2.75) is 71.8 Å². The van der Waals surface area contributed by atoms with Gasteiger partial charge in [-0.1, -0.05) is 40.5 Å². The molecule has 19 heavy (non-hydrogen) atoms. The highest BCUT2D eigenvalue weighted by Gasteiger charge is 2.42. The number of nitrogens with two attached hydrogens (primary N) is 1. The van der Waals surface area contributed by atoms with Crippen molar-refractivity contribution in [1.82, 2.24) is 4.90 Å². The molecule has 0 bridgehead atoms. The molecule has 0 aromatic carbocycles. The van der Waals surface area contributed by atoms with Crippen LogP contribution in [0.2, 0.25) is 0 Å². The molecule has 0 aromatic heterocycles. The van der Waals surface area contributed by atoms with Gasteiger partial charge in [0.15, 0.2) is 0 Å². The van der Waals surface area contributed by atoms with Crippen molar-refractivity contribution in [2.24, 2.45) is 23.0 Å². The molecular weight excluding hydrogens is 232 g/mol. The Bertz CT molecular complexity index is 294. The van der Waals surface area contributed by atoms with Crippen LogP contribution in [0.4, 0.5) is 0 Å². The van der Waals surface area contributed by atoms with Gasteiger partial charge < -0.3 is 5.73 Å². The van der Waals surface area contributed by atoms with Gasteiger partial charge in [-0.25, -0.2) is 0 Å². The van der Waals surface area contributed by atoms with E-state index in [-0.39, 0.29) is 0 Å². The average molecular weight is 266 g/mol. The average Bonchev–Trinajstić information content (AvgIpc) is 2.76. The molecule has 112 valence electrons. The van der Waals surface area contributed by atoms with Gasteiger partial charge in [-0.05, 0) is 49.5 Å². The first-order valence-corrected chi connectivity index (χ1v) is 8.32. The summed E-state index contributed by atoms with van der Waals surface area (Å²) in [5.41, 5.74) is 7.02. The summed E-state index contributed by atoms with van der Waals surface area (Å²) in [6.45, 7) is 13.0. The van der Waals surface area contributed by atoms with Gasteiger partial charge in [0.25, 0.3) is 0 Å². The highest BCUT2D eigenvalue weighted by atomic mass is 15.2. The molecule has 3 unspecified atom stereocenters. The lowest BCUT2D eigenvalue weighted by molar-refractivity contribution is 0.0904. The Balaban J connectivity index is 2.06. The molecule has 3 atom stereocenters. The Labute approximate surface area is 120 Å². The second kappa shape index (κ2) is 5.73. The maximum atomic E-state index is 6.25. The van der Waals surface area contributed by atoms with Gasteiger partial charge in [0, 0.05) is 18.6 Å². The van der Waals surface area contributed by atoms with Gasteiger partial charge in [0.1, 0.15) is 0 Å². The Morgan fingerprint density at radius 2 is 1.89 bits per heavy atom. The molecule has 2 N–H and O–H groups in total. The zero-order valence-corrected chi connectivity index (χ0v) is 13.5. The Morgan fingerprint density at radius 3 is 2.47 bits per heavy atom. The predicted molar refractivity (Wildman–Crippen MR) is 83.2 cm³/mol. The van der Waals surface area contributed by atoms with Gasteiger partial charge >= 0.3 is 0 Å². The van der Waals surface area contributed by atoms with Crippen molar-refractivity contribution in [2.75, 3.05) is 19.6 Å². The molecule has 1 saturated heterocycles. The number of hydrogen-bond donors (Lipinski definition) is 1. The van der Waals surface area contributed by atoms with E-state index < -0.39 is 0 Å². The summed E-state index contributed by atoms with van der Waals surface area (Å²) in [4.78, 5) is 2.76. The van der Waals surface area contributed by atoms with E-state index in [1.54, 1.807) is 0 Å². The van der Waals surface area contributed by atoms with Crippen molar-refractivity contribution in [3.63, 3.8) is 0 Å². The Kier molecular flexibility index (Phi) is 4.62. The smallest absolute Gasteiger partial charge is 0.0331 e. The first-order chi connectivity index (χ1) is 8.87. The third kappa shape index (κ3) is 3.33. The predicted octanol–water partition coefficient (Wildman–Crippen LogP) is 3.65. The van der Waals surface area contributed by atoms with Crippen LogP contribution >= 0.6 is 0 Å². The van der Waals surface area contributed by atoms with Crippen molar-refractivity contribution in [3.8, 4) is 0 Å². The fourth-order valence-electron chi connectivity index (χ4n) is 4.11. The monoisotopic (exact) mass is 266 g/mol. The maximum absolute atomic E-state index is 6.25. The van der Waals surface area contributed by atoms with Crippen LogP contribution in [0, 0.1) is 17.3 Å². The zero-order chi connectivity index (χ0) is 14.1. The van der Waals surface area contributed by atoms with E-state index in [2.05, 4.69) is 32.6 Å². The molecule has 0 amide bonds. The minimum Gasteiger partial charge on any atom is -0.329 e. The first kappa shape index (κ1) is 15.3. The van der Waals surface area contributed by atoms with E-state index in [1.807, 2.05) is 0 Å². The van der Waals surface area contributed by atoms with Gasteiger partial charge in [0.05, 0.1) is 0 Å². The standard InChI is InChI=1S/C17H34N2/c1-14-6-5-9-17(13-18,10-7-14)19-11-8-15(12-19)16(2,3)4/h14-15H,5-13,18H2,1-4H3. The minimum atomic E-state index is 0.324. The van der Waals surface area contributed by atoms with Crippen LogP contribution in [0.25, 0.3) is 0 Å². The second-order valence-electron chi connectivity index (χ2n) is 8.26. The van der Waals surface area contributed by atoms with Crippen LogP contribution < -0.4 is 5.73 Å². The summed E-state index contributed by atoms with van der Waals surface area (Å²) < 4.78 is 0. The van der Waals surface area contributed by atoms with E-state index in [0.29, 0.717) is 11.0 Å². The largest absolute Gasteiger partial charge is 0.329 e. The highest BCUT2D eigenvalue weighted by Crippen LogP contribution is 2.41. The summed E-state index contributed by atoms with van der Waals surface area (Å²) in [6, 6.07) is 0. The fourth-order valence-corrected chi connectivity index (χ4v) is 4.11. The van der Waals surface area contributed by atoms with Crippen LogP contribution in [0.5, 0.6) is 0 Å². The molecule has 2 rings (SSSR count). The lowest BCUT2D eigenvalue weighted by Crippen LogP contribution is -2.53. The number of hydrogen-bond acceptors (Lipinski definition) is 2. The molecule has 1 saturated carbocycles. The first-order valence-electron chi connectivity index (χ1n) is 8.32. The van der Waals surface area contributed by atoms with Crippen LogP contribution in [0.3, 0.4) is 0 Å². The number of rotatable bonds is 2. The van der Waals surface area contributed by atoms with Crippen LogP contribution in [-0.4, -0.2) is 30.1 Å². The molecule has 1 heterocycles. The minimum absolute atomic E-state index is 0.324. The van der Waals surface area contributed by atoms with E-state index in [9.17, 15) is 0 Å². The van der Waals surface area contributed by atoms with Gasteiger partial charge in [0.2, 0.25) is 0 Å². The van der Waals surface area contributed by atoms with Crippen LogP contribution in [-0.2, 0) is 0 Å². The van der Waals surface area contributed by atoms with Crippen molar-refractivity contribution in [1.29, 1.82) is 0 Å². The molecule has 0 radical (unpaired) electrons. The summed E-state index contributed by atoms with van der Waals surface area (Å²) in [6.07, 6.45) is 8.15. The van der Waals surface area contributed by atoms with E-state index in [0.717, 1.165) is 18.4 Å². The van der Waals surface area contributed by atoms with Crippen molar-refractivity contribution < 1.29 is 0 Å². The van der Waals surface area contributed by atoms with Gasteiger partial charge in [-0.2, -0.15) is 0 Å². The van der Waals surface area contributed by atoms with Crippen LogP contribution in [0.1, 0.15) is 66.2 Å². The highest BCUT2D eigenvalue weighted by molar-refractivity contribution is 4.98. The molecule has 2 heteroatoms. The molecule has 1 aliphatic heterocycles. The molecule has 2 fully saturated rings. The lowest BCUT2D eigenvalue weighted by atomic mass is 9.80. The van der Waals surface area contributed by atoms with Crippen molar-refractivity contribution >= 4 is 0 Å². The summed E-state index contributed by atoms with van der Waals surface area (Å²) >= 11 is 0. The van der Waals surface area contributed by atoms with Crippen molar-refractivity contribution in [3.05, 3.63) is 0 Å². The Morgan fingerprint density at radius 1 is 1.16 bits per heavy atom. The van der Waals surface area contributed by atoms with E-state index in [1.165, 1.54) is 51.6 Å². The van der Waals surface area contributed by atoms with E-state index >= 15 is 0 Å². The molecule has 1 aliphatic carbocycles. The maximum Gasteiger partial charge on any atom is 0.0331 e. The zero-order valence-electron chi connectivity index (χ0n) is 13.5. The topological polar surface area (TPSA) is 29.3 Å². The number of nitrogens with zero attached hydrogens (tertiary/aromatic N) is 1. The summed E-state index contributed by atoms with van der Waals surface area (Å²) in [5.74, 6) is 1.74. The SMILES string of the molecule is CC1CCCC(CN)(N2CCC(C(C)(C)C)C2)CC1. The fraction of sp³-hybridized carbons (Fsp3) is 1.00. The summed E-state index contributed by atoms with van der Waals surface area (Å²) in [7, 11) is 0. The van der Waals surface area contributed by atoms with E-state index in [4.69, 9.17) is 5.73 Å². The molecule has 0 aromatic rings. The van der Waals surface area contributed by atoms with Gasteiger partial charge in [-0.15, -0.1) is 0 Å². The van der Waals surface area contributed by atoms with Gasteiger partial charge in [-0.3, -0.25) is 4.90 Å².